The van der Waals surface area contributed by atoms with E-state index in [4.69, 9.17) is 9.15 Å². The number of rotatable bonds is 8. The van der Waals surface area contributed by atoms with Crippen molar-refractivity contribution in [3.8, 4) is 5.75 Å². The van der Waals surface area contributed by atoms with Gasteiger partial charge in [0.1, 0.15) is 11.5 Å². The van der Waals surface area contributed by atoms with Crippen LogP contribution in [-0.2, 0) is 17.8 Å². The molecule has 0 saturated carbocycles. The third kappa shape index (κ3) is 4.89. The summed E-state index contributed by atoms with van der Waals surface area (Å²) in [5.74, 6) is 1.23. The molecule has 1 aliphatic rings. The Hall–Kier alpha value is -3.31. The predicted octanol–water partition coefficient (Wildman–Crippen LogP) is 4.50. The summed E-state index contributed by atoms with van der Waals surface area (Å²) in [6.07, 6.45) is 3.91. The van der Waals surface area contributed by atoms with Gasteiger partial charge in [-0.15, -0.1) is 6.58 Å². The molecule has 4 rings (SSSR count). The second-order valence-corrected chi connectivity index (χ2v) is 7.76. The van der Waals surface area contributed by atoms with E-state index in [1.54, 1.807) is 19.3 Å². The minimum Gasteiger partial charge on any atom is -0.481 e. The van der Waals surface area contributed by atoms with E-state index in [2.05, 4.69) is 53.2 Å². The highest BCUT2D eigenvalue weighted by Gasteiger charge is 2.28. The van der Waals surface area contributed by atoms with Crippen molar-refractivity contribution in [2.75, 3.05) is 13.1 Å². The third-order valence-corrected chi connectivity index (χ3v) is 5.62. The van der Waals surface area contributed by atoms with Gasteiger partial charge in [-0.05, 0) is 54.3 Å². The van der Waals surface area contributed by atoms with Crippen LogP contribution in [0.3, 0.4) is 0 Å². The number of hydrogen-bond donors (Lipinski definition) is 1. The SMILES string of the molecule is C=CCN1CCc2ccc(O[C@H](C)C(=O)NCc3ccco3)cc2[C@H]1c1ccccc1. The fourth-order valence-electron chi connectivity index (χ4n) is 4.10. The standard InChI is InChI=1S/C26H28N2O3/c1-3-14-28-15-13-20-11-12-22(17-24(20)25(28)21-8-5-4-6-9-21)31-19(2)26(29)27-18-23-10-7-16-30-23/h3-12,16-17,19,25H,1,13-15,18H2,2H3,(H,27,29)/t19-,25-/m1/s1. The predicted molar refractivity (Wildman–Crippen MR) is 121 cm³/mol. The first-order chi connectivity index (χ1) is 15.2. The molecule has 0 unspecified atom stereocenters. The summed E-state index contributed by atoms with van der Waals surface area (Å²) >= 11 is 0. The highest BCUT2D eigenvalue weighted by atomic mass is 16.5. The quantitative estimate of drug-likeness (QED) is 0.550. The van der Waals surface area contributed by atoms with Crippen LogP contribution in [0.4, 0.5) is 0 Å². The molecule has 1 amide bonds. The first-order valence-electron chi connectivity index (χ1n) is 10.6. The van der Waals surface area contributed by atoms with Crippen LogP contribution in [0.1, 0.15) is 35.4 Å². The number of benzene rings is 2. The van der Waals surface area contributed by atoms with E-state index < -0.39 is 6.10 Å². The van der Waals surface area contributed by atoms with E-state index >= 15 is 0 Å². The Morgan fingerprint density at radius 1 is 1.26 bits per heavy atom. The topological polar surface area (TPSA) is 54.7 Å². The van der Waals surface area contributed by atoms with Gasteiger partial charge in [0, 0.05) is 13.1 Å². The average molecular weight is 417 g/mol. The number of carbonyl (C=O) groups excluding carboxylic acids is 1. The normalized spacial score (nSPS) is 16.9. The summed E-state index contributed by atoms with van der Waals surface area (Å²) in [6.45, 7) is 7.83. The lowest BCUT2D eigenvalue weighted by molar-refractivity contribution is -0.127. The number of carbonyl (C=O) groups is 1. The van der Waals surface area contributed by atoms with E-state index in [0.717, 1.165) is 19.5 Å². The molecule has 0 saturated heterocycles. The number of nitrogens with zero attached hydrogens (tertiary/aromatic N) is 1. The Labute approximate surface area is 183 Å². The van der Waals surface area contributed by atoms with E-state index in [1.165, 1.54) is 16.7 Å². The van der Waals surface area contributed by atoms with Crippen LogP contribution in [-0.4, -0.2) is 30.0 Å². The summed E-state index contributed by atoms with van der Waals surface area (Å²) in [4.78, 5) is 14.9. The van der Waals surface area contributed by atoms with Gasteiger partial charge < -0.3 is 14.5 Å². The van der Waals surface area contributed by atoms with Crippen molar-refractivity contribution in [2.45, 2.75) is 32.0 Å². The highest BCUT2D eigenvalue weighted by molar-refractivity contribution is 5.80. The molecule has 3 aromatic rings. The zero-order valence-electron chi connectivity index (χ0n) is 17.8. The van der Waals surface area contributed by atoms with Gasteiger partial charge >= 0.3 is 0 Å². The fraction of sp³-hybridized carbons (Fsp3) is 0.269. The van der Waals surface area contributed by atoms with Gasteiger partial charge in [-0.1, -0.05) is 42.5 Å². The van der Waals surface area contributed by atoms with Gasteiger partial charge in [0.25, 0.3) is 5.91 Å². The van der Waals surface area contributed by atoms with Crippen LogP contribution in [0.2, 0.25) is 0 Å². The molecule has 0 spiro atoms. The lowest BCUT2D eigenvalue weighted by atomic mass is 9.88. The van der Waals surface area contributed by atoms with Gasteiger partial charge in [0.15, 0.2) is 6.10 Å². The average Bonchev–Trinajstić information content (AvgIpc) is 3.31. The summed E-state index contributed by atoms with van der Waals surface area (Å²) in [7, 11) is 0. The number of nitrogens with one attached hydrogen (secondary N) is 1. The Bertz CT molecular complexity index is 1010. The van der Waals surface area contributed by atoms with Gasteiger partial charge in [-0.3, -0.25) is 9.69 Å². The summed E-state index contributed by atoms with van der Waals surface area (Å²) in [5.41, 5.74) is 3.78. The van der Waals surface area contributed by atoms with E-state index in [9.17, 15) is 4.79 Å². The Morgan fingerprint density at radius 2 is 2.10 bits per heavy atom. The molecule has 2 atom stereocenters. The van der Waals surface area contributed by atoms with E-state index in [1.807, 2.05) is 24.3 Å². The molecule has 160 valence electrons. The Balaban J connectivity index is 1.53. The van der Waals surface area contributed by atoms with Gasteiger partial charge in [-0.2, -0.15) is 0 Å². The maximum absolute atomic E-state index is 12.5. The van der Waals surface area contributed by atoms with Gasteiger partial charge in [-0.25, -0.2) is 0 Å². The number of fused-ring (bicyclic) bond motifs is 1. The second-order valence-electron chi connectivity index (χ2n) is 7.76. The van der Waals surface area contributed by atoms with Gasteiger partial charge in [0.05, 0.1) is 18.8 Å². The molecule has 1 aliphatic heterocycles. The summed E-state index contributed by atoms with van der Waals surface area (Å²) < 4.78 is 11.3. The van der Waals surface area contributed by atoms with Crippen LogP contribution >= 0.6 is 0 Å². The Morgan fingerprint density at radius 3 is 2.84 bits per heavy atom. The summed E-state index contributed by atoms with van der Waals surface area (Å²) in [5, 5.41) is 2.85. The molecular formula is C26H28N2O3. The number of hydrogen-bond acceptors (Lipinski definition) is 4. The van der Waals surface area contributed by atoms with Crippen LogP contribution in [0.5, 0.6) is 5.75 Å². The lowest BCUT2D eigenvalue weighted by Crippen LogP contribution is -2.37. The first-order valence-corrected chi connectivity index (χ1v) is 10.6. The Kier molecular flexibility index (Phi) is 6.53. The molecule has 0 aliphatic carbocycles. The fourth-order valence-corrected chi connectivity index (χ4v) is 4.10. The largest absolute Gasteiger partial charge is 0.481 e. The molecule has 0 bridgehead atoms. The van der Waals surface area contributed by atoms with Crippen molar-refractivity contribution in [3.05, 3.63) is 102 Å². The molecule has 5 nitrogen and oxygen atoms in total. The minimum absolute atomic E-state index is 0.134. The molecule has 31 heavy (non-hydrogen) atoms. The molecule has 1 aromatic heterocycles. The van der Waals surface area contributed by atoms with Gasteiger partial charge in [0.2, 0.25) is 0 Å². The monoisotopic (exact) mass is 416 g/mol. The van der Waals surface area contributed by atoms with Crippen LogP contribution in [0, 0.1) is 0 Å². The zero-order chi connectivity index (χ0) is 21.6. The van der Waals surface area contributed by atoms with Crippen LogP contribution in [0.15, 0.2) is 84.0 Å². The maximum Gasteiger partial charge on any atom is 0.261 e. The van der Waals surface area contributed by atoms with Crippen molar-refractivity contribution < 1.29 is 13.9 Å². The van der Waals surface area contributed by atoms with E-state index in [-0.39, 0.29) is 11.9 Å². The van der Waals surface area contributed by atoms with E-state index in [0.29, 0.717) is 18.1 Å². The smallest absolute Gasteiger partial charge is 0.261 e. The summed E-state index contributed by atoms with van der Waals surface area (Å²) in [6, 6.07) is 20.4. The second kappa shape index (κ2) is 9.67. The minimum atomic E-state index is -0.615. The van der Waals surface area contributed by atoms with Crippen molar-refractivity contribution in [1.29, 1.82) is 0 Å². The third-order valence-electron chi connectivity index (χ3n) is 5.62. The molecule has 1 N–H and O–H groups in total. The molecular weight excluding hydrogens is 388 g/mol. The molecule has 2 aromatic carbocycles. The maximum atomic E-state index is 12.5. The van der Waals surface area contributed by atoms with Crippen LogP contribution in [0.25, 0.3) is 0 Å². The molecule has 2 heterocycles. The van der Waals surface area contributed by atoms with Crippen molar-refractivity contribution >= 4 is 5.91 Å². The van der Waals surface area contributed by atoms with Crippen molar-refractivity contribution in [3.63, 3.8) is 0 Å². The lowest BCUT2D eigenvalue weighted by Gasteiger charge is -2.37. The number of furan rings is 1. The number of amides is 1. The van der Waals surface area contributed by atoms with Crippen molar-refractivity contribution in [2.24, 2.45) is 0 Å². The highest BCUT2D eigenvalue weighted by Crippen LogP contribution is 2.37. The zero-order valence-corrected chi connectivity index (χ0v) is 17.8. The number of ether oxygens (including phenoxy) is 1. The van der Waals surface area contributed by atoms with Crippen molar-refractivity contribution in [1.82, 2.24) is 10.2 Å². The molecule has 0 fully saturated rings. The first kappa shape index (κ1) is 20.9. The van der Waals surface area contributed by atoms with Crippen LogP contribution < -0.4 is 10.1 Å². The molecule has 5 heteroatoms. The molecule has 0 radical (unpaired) electrons.